The molecule has 0 saturated heterocycles. The summed E-state index contributed by atoms with van der Waals surface area (Å²) >= 11 is 0. The fourth-order valence-corrected chi connectivity index (χ4v) is 8.13. The molecule has 0 atom stereocenters. The third-order valence-electron chi connectivity index (χ3n) is 10.6. The van der Waals surface area contributed by atoms with Gasteiger partial charge >= 0.3 is 0 Å². The molecule has 0 aliphatic rings. The normalized spacial score (nSPS) is 11.8. The van der Waals surface area contributed by atoms with E-state index in [0.29, 0.717) is 0 Å². The van der Waals surface area contributed by atoms with Crippen LogP contribution in [0.3, 0.4) is 0 Å². The number of anilines is 3. The molecule has 0 N–H and O–H groups in total. The average molecular weight is 678 g/mol. The quantitative estimate of drug-likeness (QED) is 0.182. The van der Waals surface area contributed by atoms with Crippen molar-refractivity contribution in [2.45, 2.75) is 0 Å². The van der Waals surface area contributed by atoms with Crippen molar-refractivity contribution in [2.75, 3.05) is 4.90 Å². The Labute approximate surface area is 305 Å². The topological polar surface area (TPSA) is 29.5 Å². The maximum absolute atomic E-state index is 6.72. The SMILES string of the molecule is c1cc(-c2ccc3ccccc3c2)cc(N(c2ccccc2-c2ccc3c(c2)oc2ccccc23)c2cccc3oc4c5ccccc5ccc4c23)c1. The van der Waals surface area contributed by atoms with Gasteiger partial charge in [0.25, 0.3) is 0 Å². The molecule has 0 radical (unpaired) electrons. The molecule has 0 unspecified atom stereocenters. The first-order valence-corrected chi connectivity index (χ1v) is 18.0. The Kier molecular flexibility index (Phi) is 6.55. The molecule has 0 saturated carbocycles. The van der Waals surface area contributed by atoms with Crippen LogP contribution in [0.15, 0.2) is 197 Å². The Hall–Kier alpha value is -7.10. The van der Waals surface area contributed by atoms with Crippen molar-refractivity contribution in [3.05, 3.63) is 188 Å². The highest BCUT2D eigenvalue weighted by Crippen LogP contribution is 2.47. The van der Waals surface area contributed by atoms with Crippen LogP contribution in [0, 0.1) is 0 Å². The number of nitrogens with zero attached hydrogens (tertiary/aromatic N) is 1. The molecule has 53 heavy (non-hydrogen) atoms. The van der Waals surface area contributed by atoms with Crippen molar-refractivity contribution in [1.29, 1.82) is 0 Å². The van der Waals surface area contributed by atoms with E-state index in [1.807, 2.05) is 12.1 Å². The first kappa shape index (κ1) is 29.6. The number of fused-ring (bicyclic) bond motifs is 9. The predicted octanol–water partition coefficient (Wildman–Crippen LogP) is 14.6. The van der Waals surface area contributed by atoms with E-state index in [9.17, 15) is 0 Å². The van der Waals surface area contributed by atoms with E-state index < -0.39 is 0 Å². The lowest BCUT2D eigenvalue weighted by Gasteiger charge is -2.29. The number of rotatable bonds is 5. The summed E-state index contributed by atoms with van der Waals surface area (Å²) < 4.78 is 13.1. The van der Waals surface area contributed by atoms with Crippen LogP contribution in [-0.2, 0) is 0 Å². The van der Waals surface area contributed by atoms with Crippen LogP contribution in [0.1, 0.15) is 0 Å². The summed E-state index contributed by atoms with van der Waals surface area (Å²) in [6.07, 6.45) is 0. The van der Waals surface area contributed by atoms with Crippen LogP contribution in [0.5, 0.6) is 0 Å². The smallest absolute Gasteiger partial charge is 0.143 e. The van der Waals surface area contributed by atoms with Gasteiger partial charge in [0.15, 0.2) is 0 Å². The minimum atomic E-state index is 0.853. The summed E-state index contributed by atoms with van der Waals surface area (Å²) in [6.45, 7) is 0. The Bertz CT molecular complexity index is 3200. The molecule has 0 aliphatic carbocycles. The zero-order chi connectivity index (χ0) is 34.9. The van der Waals surface area contributed by atoms with Crippen molar-refractivity contribution in [3.63, 3.8) is 0 Å². The van der Waals surface area contributed by atoms with E-state index in [-0.39, 0.29) is 0 Å². The lowest BCUT2D eigenvalue weighted by atomic mass is 9.98. The summed E-state index contributed by atoms with van der Waals surface area (Å²) in [4.78, 5) is 2.40. The molecule has 11 rings (SSSR count). The monoisotopic (exact) mass is 677 g/mol. The number of hydrogen-bond acceptors (Lipinski definition) is 3. The summed E-state index contributed by atoms with van der Waals surface area (Å²) in [5.41, 5.74) is 11.2. The summed E-state index contributed by atoms with van der Waals surface area (Å²) in [5, 5.41) is 9.13. The van der Waals surface area contributed by atoms with Gasteiger partial charge in [0.05, 0.1) is 16.8 Å². The van der Waals surface area contributed by atoms with Gasteiger partial charge < -0.3 is 13.7 Å². The molecular formula is C50H31NO2. The minimum absolute atomic E-state index is 0.853. The van der Waals surface area contributed by atoms with Crippen molar-refractivity contribution >= 4 is 82.5 Å². The fourth-order valence-electron chi connectivity index (χ4n) is 8.13. The highest BCUT2D eigenvalue weighted by Gasteiger charge is 2.23. The van der Waals surface area contributed by atoms with Gasteiger partial charge in [0, 0.05) is 32.8 Å². The van der Waals surface area contributed by atoms with Crippen LogP contribution in [-0.4, -0.2) is 0 Å². The second-order valence-electron chi connectivity index (χ2n) is 13.7. The molecule has 248 valence electrons. The van der Waals surface area contributed by atoms with Crippen LogP contribution in [0.4, 0.5) is 17.1 Å². The lowest BCUT2D eigenvalue weighted by molar-refractivity contribution is 0.669. The van der Waals surface area contributed by atoms with Crippen molar-refractivity contribution in [3.8, 4) is 22.3 Å². The van der Waals surface area contributed by atoms with E-state index in [2.05, 4.69) is 181 Å². The summed E-state index contributed by atoms with van der Waals surface area (Å²) in [5.74, 6) is 0. The molecule has 3 heteroatoms. The molecule has 0 spiro atoms. The molecule has 0 aliphatic heterocycles. The molecule has 9 aromatic carbocycles. The summed E-state index contributed by atoms with van der Waals surface area (Å²) in [6, 6.07) is 66.9. The largest absolute Gasteiger partial charge is 0.456 e. The Morgan fingerprint density at radius 2 is 1.00 bits per heavy atom. The van der Waals surface area contributed by atoms with Gasteiger partial charge in [-0.25, -0.2) is 0 Å². The third-order valence-corrected chi connectivity index (χ3v) is 10.6. The Morgan fingerprint density at radius 3 is 1.94 bits per heavy atom. The summed E-state index contributed by atoms with van der Waals surface area (Å²) in [7, 11) is 0. The second-order valence-corrected chi connectivity index (χ2v) is 13.7. The molecule has 2 aromatic heterocycles. The highest BCUT2D eigenvalue weighted by atomic mass is 16.3. The minimum Gasteiger partial charge on any atom is -0.456 e. The van der Waals surface area contributed by atoms with E-state index in [0.717, 1.165) is 88.4 Å². The van der Waals surface area contributed by atoms with Gasteiger partial charge in [-0.2, -0.15) is 0 Å². The molecule has 2 heterocycles. The second kappa shape index (κ2) is 11.7. The lowest BCUT2D eigenvalue weighted by Crippen LogP contribution is -2.11. The molecular weight excluding hydrogens is 647 g/mol. The number of furan rings is 2. The molecule has 0 amide bonds. The van der Waals surface area contributed by atoms with E-state index >= 15 is 0 Å². The predicted molar refractivity (Wildman–Crippen MR) is 222 cm³/mol. The average Bonchev–Trinajstić information content (AvgIpc) is 3.80. The van der Waals surface area contributed by atoms with Gasteiger partial charge in [-0.1, -0.05) is 127 Å². The van der Waals surface area contributed by atoms with Crippen molar-refractivity contribution in [2.24, 2.45) is 0 Å². The van der Waals surface area contributed by atoms with E-state index in [1.54, 1.807) is 0 Å². The van der Waals surface area contributed by atoms with Gasteiger partial charge in [-0.3, -0.25) is 0 Å². The van der Waals surface area contributed by atoms with E-state index in [1.165, 1.54) is 16.3 Å². The van der Waals surface area contributed by atoms with Crippen molar-refractivity contribution in [1.82, 2.24) is 0 Å². The highest BCUT2D eigenvalue weighted by molar-refractivity contribution is 6.20. The molecule has 11 aromatic rings. The van der Waals surface area contributed by atoms with Gasteiger partial charge in [0.2, 0.25) is 0 Å². The Balaban J connectivity index is 1.17. The molecule has 3 nitrogen and oxygen atoms in total. The van der Waals surface area contributed by atoms with Crippen molar-refractivity contribution < 1.29 is 8.83 Å². The molecule has 0 fully saturated rings. The third kappa shape index (κ3) is 4.75. The number of benzene rings is 9. The zero-order valence-corrected chi connectivity index (χ0v) is 28.7. The standard InChI is InChI=1S/C50H31NO2/c1-2-13-34-29-36(24-23-32(34)11-1)35-14-9-15-38(30-35)51(45-20-10-22-47-49(45)43-28-25-33-12-3-4-17-40(33)50(43)53-47)44-19-7-5-16-39(44)37-26-27-42-41-18-6-8-21-46(41)52-48(42)31-37/h1-31H. The maximum atomic E-state index is 6.72. The fraction of sp³-hybridized carbons (Fsp3) is 0. The number of para-hydroxylation sites is 2. The van der Waals surface area contributed by atoms with Gasteiger partial charge in [-0.15, -0.1) is 0 Å². The first-order chi connectivity index (χ1) is 26.3. The van der Waals surface area contributed by atoms with Gasteiger partial charge in [-0.05, 0) is 93.5 Å². The van der Waals surface area contributed by atoms with Crippen LogP contribution in [0.2, 0.25) is 0 Å². The first-order valence-electron chi connectivity index (χ1n) is 18.0. The van der Waals surface area contributed by atoms with Crippen LogP contribution in [0.25, 0.3) is 87.7 Å². The zero-order valence-electron chi connectivity index (χ0n) is 28.7. The number of hydrogen-bond donors (Lipinski definition) is 0. The van der Waals surface area contributed by atoms with Gasteiger partial charge in [0.1, 0.15) is 22.3 Å². The Morgan fingerprint density at radius 1 is 0.340 bits per heavy atom. The van der Waals surface area contributed by atoms with E-state index in [4.69, 9.17) is 8.83 Å². The van der Waals surface area contributed by atoms with Crippen LogP contribution >= 0.6 is 0 Å². The molecule has 0 bridgehead atoms. The maximum Gasteiger partial charge on any atom is 0.143 e. The van der Waals surface area contributed by atoms with Crippen LogP contribution < -0.4 is 4.90 Å².